The number of nitrogens with one attached hydrogen (secondary N) is 1. The van der Waals surface area contributed by atoms with E-state index in [1.165, 1.54) is 6.07 Å². The average molecular weight is 346 g/mol. The third-order valence-electron chi connectivity index (χ3n) is 4.69. The Morgan fingerprint density at radius 2 is 2.00 bits per heavy atom. The van der Waals surface area contributed by atoms with Crippen molar-refractivity contribution in [2.45, 2.75) is 57.5 Å². The lowest BCUT2D eigenvalue weighted by Crippen LogP contribution is -2.40. The molecule has 0 aliphatic heterocycles. The molecule has 3 rings (SSSR count). The van der Waals surface area contributed by atoms with E-state index < -0.39 is 17.2 Å². The second-order valence-electron chi connectivity index (χ2n) is 6.79. The van der Waals surface area contributed by atoms with Crippen LogP contribution in [-0.4, -0.2) is 10.1 Å². The average Bonchev–Trinajstić information content (AvgIpc) is 3.24. The van der Waals surface area contributed by atoms with E-state index in [9.17, 15) is 8.78 Å². The van der Waals surface area contributed by atoms with E-state index in [-0.39, 0.29) is 23.6 Å². The fourth-order valence-corrected chi connectivity index (χ4v) is 3.20. The molecule has 1 N–H and O–H groups in total. The van der Waals surface area contributed by atoms with Crippen molar-refractivity contribution in [1.82, 2.24) is 15.5 Å². The lowest BCUT2D eigenvalue weighted by atomic mass is 9.95. The van der Waals surface area contributed by atoms with Crippen molar-refractivity contribution in [1.29, 1.82) is 5.26 Å². The molecule has 132 valence electrons. The highest BCUT2D eigenvalue weighted by molar-refractivity contribution is 5.35. The highest BCUT2D eigenvalue weighted by Gasteiger charge is 2.40. The first kappa shape index (κ1) is 17.5. The van der Waals surface area contributed by atoms with Crippen LogP contribution in [0.15, 0.2) is 16.7 Å². The Morgan fingerprint density at radius 3 is 2.60 bits per heavy atom. The van der Waals surface area contributed by atoms with Crippen LogP contribution in [0.1, 0.15) is 68.3 Å². The maximum absolute atomic E-state index is 14.0. The maximum Gasteiger partial charge on any atom is 0.229 e. The molecule has 0 saturated heterocycles. The minimum atomic E-state index is -0.848. The van der Waals surface area contributed by atoms with Crippen LogP contribution in [-0.2, 0) is 12.1 Å². The summed E-state index contributed by atoms with van der Waals surface area (Å²) in [6.45, 7) is 4.11. The Labute approximate surface area is 145 Å². The molecule has 1 fully saturated rings. The number of hydrogen-bond donors (Lipinski definition) is 1. The summed E-state index contributed by atoms with van der Waals surface area (Å²) in [4.78, 5) is 4.50. The van der Waals surface area contributed by atoms with E-state index in [0.29, 0.717) is 11.7 Å². The molecule has 0 bridgehead atoms. The number of nitrogens with zero attached hydrogens (tertiary/aromatic N) is 3. The monoisotopic (exact) mass is 346 g/mol. The zero-order valence-electron chi connectivity index (χ0n) is 14.3. The van der Waals surface area contributed by atoms with Crippen molar-refractivity contribution in [2.75, 3.05) is 0 Å². The molecule has 1 heterocycles. The number of aromatic nitrogens is 2. The molecule has 0 amide bonds. The van der Waals surface area contributed by atoms with Crippen molar-refractivity contribution < 1.29 is 13.3 Å². The molecule has 2 aromatic rings. The molecule has 25 heavy (non-hydrogen) atoms. The van der Waals surface area contributed by atoms with Crippen LogP contribution in [0.2, 0.25) is 0 Å². The predicted molar refractivity (Wildman–Crippen MR) is 86.4 cm³/mol. The third kappa shape index (κ3) is 3.40. The van der Waals surface area contributed by atoms with Crippen LogP contribution in [0.3, 0.4) is 0 Å². The van der Waals surface area contributed by atoms with Gasteiger partial charge in [-0.1, -0.05) is 31.8 Å². The van der Waals surface area contributed by atoms with Gasteiger partial charge in [-0.15, -0.1) is 0 Å². The van der Waals surface area contributed by atoms with Gasteiger partial charge in [-0.25, -0.2) is 8.78 Å². The lowest BCUT2D eigenvalue weighted by Gasteiger charge is -2.27. The van der Waals surface area contributed by atoms with Gasteiger partial charge in [-0.2, -0.15) is 10.2 Å². The number of rotatable bonds is 5. The second kappa shape index (κ2) is 6.89. The summed E-state index contributed by atoms with van der Waals surface area (Å²) in [5, 5.41) is 16.4. The summed E-state index contributed by atoms with van der Waals surface area (Å²) >= 11 is 0. The van der Waals surface area contributed by atoms with Gasteiger partial charge in [0.05, 0.1) is 11.1 Å². The molecule has 1 aliphatic rings. The number of halogens is 2. The van der Waals surface area contributed by atoms with E-state index in [2.05, 4.69) is 15.5 Å². The third-order valence-corrected chi connectivity index (χ3v) is 4.69. The first-order valence-electron chi connectivity index (χ1n) is 8.42. The Balaban J connectivity index is 1.85. The van der Waals surface area contributed by atoms with Gasteiger partial charge in [0.15, 0.2) is 5.82 Å². The molecule has 1 aromatic carbocycles. The molecule has 5 nitrogen and oxygen atoms in total. The van der Waals surface area contributed by atoms with Gasteiger partial charge in [-0.05, 0) is 18.9 Å². The molecular formula is C18H20F2N4O. The van der Waals surface area contributed by atoms with Gasteiger partial charge >= 0.3 is 0 Å². The zero-order chi connectivity index (χ0) is 18.0. The summed E-state index contributed by atoms with van der Waals surface area (Å²) < 4.78 is 32.8. The van der Waals surface area contributed by atoms with Gasteiger partial charge < -0.3 is 9.84 Å². The molecular weight excluding hydrogens is 326 g/mol. The molecule has 1 aliphatic carbocycles. The van der Waals surface area contributed by atoms with E-state index in [1.54, 1.807) is 6.07 Å². The highest BCUT2D eigenvalue weighted by Crippen LogP contribution is 2.38. The van der Waals surface area contributed by atoms with Crippen LogP contribution in [0.25, 0.3) is 0 Å². The predicted octanol–water partition coefficient (Wildman–Crippen LogP) is 3.90. The van der Waals surface area contributed by atoms with Crippen LogP contribution in [0.4, 0.5) is 8.78 Å². The molecule has 1 aromatic heterocycles. The van der Waals surface area contributed by atoms with Gasteiger partial charge in [0.2, 0.25) is 5.89 Å². The Bertz CT molecular complexity index is 804. The van der Waals surface area contributed by atoms with Crippen molar-refractivity contribution >= 4 is 0 Å². The molecule has 0 radical (unpaired) electrons. The summed E-state index contributed by atoms with van der Waals surface area (Å²) in [6.07, 6.45) is 3.65. The SMILES string of the molecule is CC(C)c1nc(C2(NCc3cc(C#N)c(F)cc3F)CCCC2)no1. The minimum absolute atomic E-state index is 0.132. The quantitative estimate of drug-likeness (QED) is 0.889. The lowest BCUT2D eigenvalue weighted by molar-refractivity contribution is 0.293. The van der Waals surface area contributed by atoms with Gasteiger partial charge in [0.25, 0.3) is 0 Å². The second-order valence-corrected chi connectivity index (χ2v) is 6.79. The summed E-state index contributed by atoms with van der Waals surface area (Å²) in [5.41, 5.74) is -0.401. The largest absolute Gasteiger partial charge is 0.339 e. The standard InChI is InChI=1S/C18H20F2N4O/c1-11(2)16-23-17(24-25-16)18(5-3-4-6-18)22-10-13-7-12(9-21)14(19)8-15(13)20/h7-8,11,22H,3-6,10H2,1-2H3. The summed E-state index contributed by atoms with van der Waals surface area (Å²) in [6, 6.07) is 3.74. The molecule has 0 spiro atoms. The maximum atomic E-state index is 14.0. The highest BCUT2D eigenvalue weighted by atomic mass is 19.1. The summed E-state index contributed by atoms with van der Waals surface area (Å²) in [7, 11) is 0. The molecule has 0 unspecified atom stereocenters. The van der Waals surface area contributed by atoms with Crippen LogP contribution in [0.5, 0.6) is 0 Å². The first-order valence-corrected chi connectivity index (χ1v) is 8.42. The zero-order valence-corrected chi connectivity index (χ0v) is 14.3. The van der Waals surface area contributed by atoms with Crippen molar-refractivity contribution in [3.05, 3.63) is 46.6 Å². The minimum Gasteiger partial charge on any atom is -0.339 e. The first-order chi connectivity index (χ1) is 11.9. The van der Waals surface area contributed by atoms with Gasteiger partial charge in [0.1, 0.15) is 17.7 Å². The van der Waals surface area contributed by atoms with Crippen LogP contribution < -0.4 is 5.32 Å². The summed E-state index contributed by atoms with van der Waals surface area (Å²) in [5.74, 6) is -0.237. The normalized spacial score (nSPS) is 16.3. The fraction of sp³-hybridized carbons (Fsp3) is 0.500. The molecule has 1 saturated carbocycles. The molecule has 0 atom stereocenters. The Kier molecular flexibility index (Phi) is 4.82. The van der Waals surface area contributed by atoms with E-state index in [1.807, 2.05) is 13.8 Å². The fourth-order valence-electron chi connectivity index (χ4n) is 3.20. The number of benzene rings is 1. The topological polar surface area (TPSA) is 74.7 Å². The Hall–Kier alpha value is -2.33. The van der Waals surface area contributed by atoms with Gasteiger partial charge in [-0.3, -0.25) is 0 Å². The Morgan fingerprint density at radius 1 is 1.28 bits per heavy atom. The number of nitriles is 1. The van der Waals surface area contributed by atoms with Crippen molar-refractivity contribution in [3.8, 4) is 6.07 Å². The van der Waals surface area contributed by atoms with Crippen LogP contribution in [0, 0.1) is 23.0 Å². The number of hydrogen-bond acceptors (Lipinski definition) is 5. The van der Waals surface area contributed by atoms with E-state index >= 15 is 0 Å². The van der Waals surface area contributed by atoms with E-state index in [0.717, 1.165) is 31.7 Å². The molecule has 7 heteroatoms. The van der Waals surface area contributed by atoms with Gasteiger partial charge in [0, 0.05) is 24.1 Å². The van der Waals surface area contributed by atoms with Crippen molar-refractivity contribution in [2.24, 2.45) is 0 Å². The van der Waals surface area contributed by atoms with Crippen molar-refractivity contribution in [3.63, 3.8) is 0 Å². The van der Waals surface area contributed by atoms with E-state index in [4.69, 9.17) is 9.78 Å². The smallest absolute Gasteiger partial charge is 0.229 e. The van der Waals surface area contributed by atoms with Crippen LogP contribution >= 0.6 is 0 Å².